The smallest absolute Gasteiger partial charge is 0.328 e. The summed E-state index contributed by atoms with van der Waals surface area (Å²) in [5.41, 5.74) is 0.690. The largest absolute Gasteiger partial charge is 0.458 e. The van der Waals surface area contributed by atoms with E-state index >= 15 is 0 Å². The number of sulfonamides is 1. The Morgan fingerprint density at radius 3 is 2.39 bits per heavy atom. The third-order valence-electron chi connectivity index (χ3n) is 4.87. The summed E-state index contributed by atoms with van der Waals surface area (Å²) in [5.74, 6) is -0.271. The molecule has 2 amide bonds. The summed E-state index contributed by atoms with van der Waals surface area (Å²) in [6.45, 7) is 3.74. The summed E-state index contributed by atoms with van der Waals surface area (Å²) in [6.07, 6.45) is 6.57. The molecule has 0 saturated heterocycles. The number of urea groups is 1. The number of benzene rings is 1. The summed E-state index contributed by atoms with van der Waals surface area (Å²) in [7, 11) is -3.96. The van der Waals surface area contributed by atoms with Gasteiger partial charge in [-0.2, -0.15) is 0 Å². The van der Waals surface area contributed by atoms with Crippen LogP contribution < -0.4 is 10.0 Å². The number of carbonyl (C=O) groups is 2. The Bertz CT molecular complexity index is 755. The zero-order chi connectivity index (χ0) is 20.6. The van der Waals surface area contributed by atoms with Gasteiger partial charge in [-0.15, -0.1) is 0 Å². The van der Waals surface area contributed by atoms with Crippen LogP contribution in [-0.4, -0.2) is 26.5 Å². The molecule has 2 N–H and O–H groups in total. The Hall–Kier alpha value is -2.09. The fourth-order valence-electron chi connectivity index (χ4n) is 3.21. The number of rotatable bonds is 8. The summed E-state index contributed by atoms with van der Waals surface area (Å²) in [6, 6.07) is 5.31. The van der Waals surface area contributed by atoms with Crippen LogP contribution in [0.5, 0.6) is 0 Å². The van der Waals surface area contributed by atoms with Gasteiger partial charge in [0, 0.05) is 12.5 Å². The summed E-state index contributed by atoms with van der Waals surface area (Å²) < 4.78 is 32.2. The van der Waals surface area contributed by atoms with Gasteiger partial charge < -0.3 is 10.1 Å². The molecular weight excluding hydrogens is 380 g/mol. The molecule has 0 aliphatic heterocycles. The number of hydrogen-bond donors (Lipinski definition) is 2. The maximum Gasteiger partial charge on any atom is 0.328 e. The fourth-order valence-corrected chi connectivity index (χ4v) is 4.12. The van der Waals surface area contributed by atoms with E-state index in [0.717, 1.165) is 44.9 Å². The zero-order valence-electron chi connectivity index (χ0n) is 16.6. The molecule has 28 heavy (non-hydrogen) atoms. The monoisotopic (exact) mass is 410 g/mol. The number of amides is 2. The van der Waals surface area contributed by atoms with Crippen molar-refractivity contribution in [1.82, 2.24) is 10.0 Å². The minimum atomic E-state index is -3.96. The van der Waals surface area contributed by atoms with Gasteiger partial charge in [-0.1, -0.05) is 44.7 Å². The van der Waals surface area contributed by atoms with Crippen molar-refractivity contribution in [3.05, 3.63) is 29.8 Å². The van der Waals surface area contributed by atoms with Crippen molar-refractivity contribution in [2.24, 2.45) is 0 Å². The minimum Gasteiger partial charge on any atom is -0.458 e. The first-order valence-electron chi connectivity index (χ1n) is 9.94. The topological polar surface area (TPSA) is 102 Å². The summed E-state index contributed by atoms with van der Waals surface area (Å²) in [4.78, 5) is 23.7. The molecule has 0 heterocycles. The van der Waals surface area contributed by atoms with E-state index in [1.807, 2.05) is 6.92 Å². The maximum atomic E-state index is 12.4. The standard InChI is InChI=1S/C20H30N2O5S/c1-3-4-10-19(23)27-15(2)16-11-13-18(14-12-16)28(25,26)22-20(24)21-17-8-6-5-7-9-17/h11-15,17H,3-10H2,1-2H3,(H2,21,22,24). The van der Waals surface area contributed by atoms with Crippen LogP contribution in [0, 0.1) is 0 Å². The predicted molar refractivity (Wildman–Crippen MR) is 106 cm³/mol. The van der Waals surface area contributed by atoms with Crippen molar-refractivity contribution in [2.45, 2.75) is 82.3 Å². The predicted octanol–water partition coefficient (Wildman–Crippen LogP) is 3.80. The lowest BCUT2D eigenvalue weighted by atomic mass is 9.96. The van der Waals surface area contributed by atoms with Gasteiger partial charge in [0.15, 0.2) is 0 Å². The molecule has 0 aromatic heterocycles. The van der Waals surface area contributed by atoms with Crippen LogP contribution in [0.15, 0.2) is 29.2 Å². The highest BCUT2D eigenvalue weighted by Crippen LogP contribution is 2.20. The first kappa shape index (κ1) is 22.2. The van der Waals surface area contributed by atoms with Crippen LogP contribution in [0.1, 0.15) is 76.9 Å². The van der Waals surface area contributed by atoms with Gasteiger partial charge in [-0.05, 0) is 43.9 Å². The van der Waals surface area contributed by atoms with Crippen LogP contribution in [0.25, 0.3) is 0 Å². The molecule has 0 spiro atoms. The van der Waals surface area contributed by atoms with Crippen molar-refractivity contribution in [1.29, 1.82) is 0 Å². The van der Waals surface area contributed by atoms with Crippen molar-refractivity contribution in [2.75, 3.05) is 0 Å². The number of ether oxygens (including phenoxy) is 1. The Balaban J connectivity index is 1.92. The van der Waals surface area contributed by atoms with Crippen molar-refractivity contribution in [3.8, 4) is 0 Å². The second kappa shape index (κ2) is 10.5. The molecule has 1 aliphatic carbocycles. The van der Waals surface area contributed by atoms with Gasteiger partial charge in [-0.3, -0.25) is 4.79 Å². The highest BCUT2D eigenvalue weighted by Gasteiger charge is 2.21. The lowest BCUT2D eigenvalue weighted by Gasteiger charge is -2.22. The Morgan fingerprint density at radius 1 is 1.14 bits per heavy atom. The summed E-state index contributed by atoms with van der Waals surface area (Å²) >= 11 is 0. The normalized spacial score (nSPS) is 16.2. The van der Waals surface area contributed by atoms with E-state index < -0.39 is 22.2 Å². The average Bonchev–Trinajstić information content (AvgIpc) is 2.66. The van der Waals surface area contributed by atoms with E-state index in [4.69, 9.17) is 4.74 Å². The van der Waals surface area contributed by atoms with Crippen LogP contribution in [-0.2, 0) is 19.6 Å². The molecule has 1 fully saturated rings. The van der Waals surface area contributed by atoms with Crippen LogP contribution >= 0.6 is 0 Å². The number of carbonyl (C=O) groups excluding carboxylic acids is 2. The molecule has 8 heteroatoms. The lowest BCUT2D eigenvalue weighted by molar-refractivity contribution is -0.148. The average molecular weight is 411 g/mol. The third-order valence-corrected chi connectivity index (χ3v) is 6.22. The van der Waals surface area contributed by atoms with E-state index in [9.17, 15) is 18.0 Å². The molecule has 0 bridgehead atoms. The Kier molecular flexibility index (Phi) is 8.29. The van der Waals surface area contributed by atoms with E-state index in [-0.39, 0.29) is 16.9 Å². The third kappa shape index (κ3) is 6.82. The molecule has 1 saturated carbocycles. The molecule has 2 rings (SSSR count). The van der Waals surface area contributed by atoms with E-state index in [2.05, 4.69) is 10.0 Å². The lowest BCUT2D eigenvalue weighted by Crippen LogP contribution is -2.45. The fraction of sp³-hybridized carbons (Fsp3) is 0.600. The molecule has 7 nitrogen and oxygen atoms in total. The molecule has 1 unspecified atom stereocenters. The highest BCUT2D eigenvalue weighted by molar-refractivity contribution is 7.90. The van der Waals surface area contributed by atoms with E-state index in [1.54, 1.807) is 19.1 Å². The van der Waals surface area contributed by atoms with Crippen LogP contribution in [0.2, 0.25) is 0 Å². The quantitative estimate of drug-likeness (QED) is 0.635. The maximum absolute atomic E-state index is 12.4. The van der Waals surface area contributed by atoms with Gasteiger partial charge in [0.1, 0.15) is 6.10 Å². The zero-order valence-corrected chi connectivity index (χ0v) is 17.4. The van der Waals surface area contributed by atoms with Crippen LogP contribution in [0.3, 0.4) is 0 Å². The number of unbranched alkanes of at least 4 members (excludes halogenated alkanes) is 1. The van der Waals surface area contributed by atoms with Gasteiger partial charge in [-0.25, -0.2) is 17.9 Å². The summed E-state index contributed by atoms with van der Waals surface area (Å²) in [5, 5.41) is 2.73. The first-order chi connectivity index (χ1) is 13.3. The molecule has 1 aliphatic rings. The van der Waals surface area contributed by atoms with Crippen molar-refractivity contribution in [3.63, 3.8) is 0 Å². The van der Waals surface area contributed by atoms with Gasteiger partial charge >= 0.3 is 12.0 Å². The number of nitrogens with one attached hydrogen (secondary N) is 2. The SMILES string of the molecule is CCCCC(=O)OC(C)c1ccc(S(=O)(=O)NC(=O)NC2CCCCC2)cc1. The minimum absolute atomic E-state index is 0.0143. The van der Waals surface area contributed by atoms with E-state index in [1.165, 1.54) is 12.1 Å². The second-order valence-corrected chi connectivity index (χ2v) is 8.90. The molecule has 1 atom stereocenters. The molecule has 1 aromatic carbocycles. The highest BCUT2D eigenvalue weighted by atomic mass is 32.2. The molecule has 0 radical (unpaired) electrons. The molecule has 1 aromatic rings. The van der Waals surface area contributed by atoms with Crippen LogP contribution in [0.4, 0.5) is 4.79 Å². The van der Waals surface area contributed by atoms with Crippen molar-refractivity contribution >= 4 is 22.0 Å². The number of hydrogen-bond acceptors (Lipinski definition) is 5. The molecular formula is C20H30N2O5S. The van der Waals surface area contributed by atoms with E-state index in [0.29, 0.717) is 12.0 Å². The van der Waals surface area contributed by atoms with Crippen molar-refractivity contribution < 1.29 is 22.7 Å². The number of esters is 1. The Labute approximate surface area is 167 Å². The molecule has 156 valence electrons. The van der Waals surface area contributed by atoms with Gasteiger partial charge in [0.25, 0.3) is 10.0 Å². The Morgan fingerprint density at radius 2 is 1.79 bits per heavy atom. The first-order valence-corrected chi connectivity index (χ1v) is 11.4. The second-order valence-electron chi connectivity index (χ2n) is 7.22. The van der Waals surface area contributed by atoms with Gasteiger partial charge in [0.05, 0.1) is 4.90 Å². The van der Waals surface area contributed by atoms with Gasteiger partial charge in [0.2, 0.25) is 0 Å².